The molecule has 1 saturated heterocycles. The quantitative estimate of drug-likeness (QED) is 0.906. The lowest BCUT2D eigenvalue weighted by molar-refractivity contribution is -0.122. The van der Waals surface area contributed by atoms with Crippen LogP contribution >= 0.6 is 0 Å². The van der Waals surface area contributed by atoms with Gasteiger partial charge in [-0.15, -0.1) is 0 Å². The number of fused-ring (bicyclic) bond motifs is 1. The molecule has 2 heterocycles. The molecule has 2 atom stereocenters. The van der Waals surface area contributed by atoms with Crippen molar-refractivity contribution in [3.63, 3.8) is 0 Å². The highest BCUT2D eigenvalue weighted by molar-refractivity contribution is 5.97. The Morgan fingerprint density at radius 1 is 1.40 bits per heavy atom. The minimum absolute atomic E-state index is 0.0484. The second-order valence-corrected chi connectivity index (χ2v) is 5.57. The molecular formula is C16H22N2O2. The van der Waals surface area contributed by atoms with E-state index in [2.05, 4.69) is 18.3 Å². The van der Waals surface area contributed by atoms with E-state index in [9.17, 15) is 4.79 Å². The number of nitrogens with one attached hydrogen (secondary N) is 1. The molecule has 1 aromatic rings. The standard InChI is InChI=1S/C16H22N2O2/c1-2-8-17-14-11-20-10-13(14)16(19)18-9-7-12-5-3-4-6-15(12)18/h3-6,13-14,17H,2,7-11H2,1H3. The Balaban J connectivity index is 1.73. The van der Waals surface area contributed by atoms with Gasteiger partial charge in [-0.05, 0) is 31.0 Å². The summed E-state index contributed by atoms with van der Waals surface area (Å²) in [6, 6.07) is 8.36. The molecule has 0 saturated carbocycles. The summed E-state index contributed by atoms with van der Waals surface area (Å²) < 4.78 is 5.53. The van der Waals surface area contributed by atoms with Crippen LogP contribution in [0.2, 0.25) is 0 Å². The number of carbonyl (C=O) groups is 1. The van der Waals surface area contributed by atoms with Gasteiger partial charge in [0.1, 0.15) is 0 Å². The number of anilines is 1. The minimum Gasteiger partial charge on any atom is -0.379 e. The molecule has 20 heavy (non-hydrogen) atoms. The Morgan fingerprint density at radius 3 is 3.10 bits per heavy atom. The van der Waals surface area contributed by atoms with Gasteiger partial charge in [0.2, 0.25) is 5.91 Å². The maximum Gasteiger partial charge on any atom is 0.234 e. The highest BCUT2D eigenvalue weighted by Crippen LogP contribution is 2.30. The van der Waals surface area contributed by atoms with E-state index in [0.29, 0.717) is 13.2 Å². The molecule has 0 radical (unpaired) electrons. The number of para-hydroxylation sites is 1. The summed E-state index contributed by atoms with van der Waals surface area (Å²) in [5.41, 5.74) is 2.36. The fourth-order valence-electron chi connectivity index (χ4n) is 3.10. The lowest BCUT2D eigenvalue weighted by atomic mass is 10.0. The minimum atomic E-state index is -0.0484. The van der Waals surface area contributed by atoms with Crippen LogP contribution in [0.3, 0.4) is 0 Å². The van der Waals surface area contributed by atoms with Crippen LogP contribution in [0.4, 0.5) is 5.69 Å². The zero-order valence-electron chi connectivity index (χ0n) is 12.0. The number of carbonyl (C=O) groups excluding carboxylic acids is 1. The van der Waals surface area contributed by atoms with Gasteiger partial charge in [0.05, 0.1) is 19.1 Å². The third-order valence-electron chi connectivity index (χ3n) is 4.21. The van der Waals surface area contributed by atoms with Crippen molar-refractivity contribution >= 4 is 11.6 Å². The Labute approximate surface area is 120 Å². The third kappa shape index (κ3) is 2.45. The number of rotatable bonds is 4. The Hall–Kier alpha value is -1.39. The van der Waals surface area contributed by atoms with Crippen molar-refractivity contribution in [3.8, 4) is 0 Å². The molecule has 4 nitrogen and oxygen atoms in total. The van der Waals surface area contributed by atoms with Gasteiger partial charge in [-0.3, -0.25) is 4.79 Å². The van der Waals surface area contributed by atoms with Gasteiger partial charge in [-0.1, -0.05) is 25.1 Å². The maximum absolute atomic E-state index is 12.8. The van der Waals surface area contributed by atoms with E-state index in [-0.39, 0.29) is 17.9 Å². The number of hydrogen-bond acceptors (Lipinski definition) is 3. The fraction of sp³-hybridized carbons (Fsp3) is 0.562. The molecule has 4 heteroatoms. The van der Waals surface area contributed by atoms with E-state index in [4.69, 9.17) is 4.74 Å². The predicted octanol–water partition coefficient (Wildman–Crippen LogP) is 1.59. The van der Waals surface area contributed by atoms with Crippen molar-refractivity contribution in [2.75, 3.05) is 31.2 Å². The molecule has 2 aliphatic rings. The summed E-state index contributed by atoms with van der Waals surface area (Å²) in [5, 5.41) is 3.44. The van der Waals surface area contributed by atoms with Gasteiger partial charge < -0.3 is 15.0 Å². The van der Waals surface area contributed by atoms with Crippen LogP contribution in [-0.4, -0.2) is 38.3 Å². The molecule has 1 amide bonds. The molecule has 108 valence electrons. The predicted molar refractivity (Wildman–Crippen MR) is 78.9 cm³/mol. The number of amides is 1. The van der Waals surface area contributed by atoms with Crippen molar-refractivity contribution < 1.29 is 9.53 Å². The van der Waals surface area contributed by atoms with Crippen molar-refractivity contribution in [2.24, 2.45) is 5.92 Å². The van der Waals surface area contributed by atoms with Crippen LogP contribution in [0, 0.1) is 5.92 Å². The van der Waals surface area contributed by atoms with Crippen molar-refractivity contribution in [1.29, 1.82) is 0 Å². The molecular weight excluding hydrogens is 252 g/mol. The fourth-order valence-corrected chi connectivity index (χ4v) is 3.10. The molecule has 0 spiro atoms. The lowest BCUT2D eigenvalue weighted by Gasteiger charge is -2.24. The van der Waals surface area contributed by atoms with Gasteiger partial charge in [0.15, 0.2) is 0 Å². The first-order valence-electron chi connectivity index (χ1n) is 7.51. The van der Waals surface area contributed by atoms with E-state index >= 15 is 0 Å². The van der Waals surface area contributed by atoms with Crippen molar-refractivity contribution in [3.05, 3.63) is 29.8 Å². The lowest BCUT2D eigenvalue weighted by Crippen LogP contribution is -2.45. The molecule has 0 aromatic heterocycles. The van der Waals surface area contributed by atoms with Crippen LogP contribution in [0.1, 0.15) is 18.9 Å². The van der Waals surface area contributed by atoms with E-state index in [1.165, 1.54) is 5.56 Å². The molecule has 3 rings (SSSR count). The summed E-state index contributed by atoms with van der Waals surface area (Å²) in [7, 11) is 0. The number of nitrogens with zero attached hydrogens (tertiary/aromatic N) is 1. The normalized spacial score (nSPS) is 24.9. The summed E-state index contributed by atoms with van der Waals surface area (Å²) in [5.74, 6) is 0.161. The second kappa shape index (κ2) is 5.94. The zero-order valence-corrected chi connectivity index (χ0v) is 12.0. The van der Waals surface area contributed by atoms with E-state index < -0.39 is 0 Å². The van der Waals surface area contributed by atoms with E-state index in [1.807, 2.05) is 23.1 Å². The molecule has 1 fully saturated rings. The summed E-state index contributed by atoms with van der Waals surface area (Å²) in [6.45, 7) is 5.06. The Kier molecular flexibility index (Phi) is 4.03. The monoisotopic (exact) mass is 274 g/mol. The maximum atomic E-state index is 12.8. The van der Waals surface area contributed by atoms with Gasteiger partial charge in [0.25, 0.3) is 0 Å². The number of hydrogen-bond donors (Lipinski definition) is 1. The molecule has 1 aromatic carbocycles. The molecule has 2 unspecified atom stereocenters. The van der Waals surface area contributed by atoms with E-state index in [1.54, 1.807) is 0 Å². The largest absolute Gasteiger partial charge is 0.379 e. The second-order valence-electron chi connectivity index (χ2n) is 5.57. The average molecular weight is 274 g/mol. The first-order valence-corrected chi connectivity index (χ1v) is 7.51. The van der Waals surface area contributed by atoms with Crippen molar-refractivity contribution in [1.82, 2.24) is 5.32 Å². The molecule has 0 aliphatic carbocycles. The smallest absolute Gasteiger partial charge is 0.234 e. The van der Waals surface area contributed by atoms with Gasteiger partial charge in [-0.25, -0.2) is 0 Å². The molecule has 1 N–H and O–H groups in total. The summed E-state index contributed by atoms with van der Waals surface area (Å²) >= 11 is 0. The van der Waals surface area contributed by atoms with Gasteiger partial charge in [0, 0.05) is 18.3 Å². The first kappa shape index (κ1) is 13.6. The zero-order chi connectivity index (χ0) is 13.9. The first-order chi connectivity index (χ1) is 9.81. The topological polar surface area (TPSA) is 41.6 Å². The third-order valence-corrected chi connectivity index (χ3v) is 4.21. The Morgan fingerprint density at radius 2 is 2.25 bits per heavy atom. The van der Waals surface area contributed by atoms with Gasteiger partial charge >= 0.3 is 0 Å². The van der Waals surface area contributed by atoms with Crippen LogP contribution in [0.15, 0.2) is 24.3 Å². The van der Waals surface area contributed by atoms with Crippen molar-refractivity contribution in [2.45, 2.75) is 25.8 Å². The number of benzene rings is 1. The summed E-state index contributed by atoms with van der Waals surface area (Å²) in [4.78, 5) is 14.7. The van der Waals surface area contributed by atoms with Crippen LogP contribution in [0.5, 0.6) is 0 Å². The molecule has 0 bridgehead atoms. The van der Waals surface area contributed by atoms with Gasteiger partial charge in [-0.2, -0.15) is 0 Å². The van der Waals surface area contributed by atoms with E-state index in [0.717, 1.165) is 31.6 Å². The highest BCUT2D eigenvalue weighted by Gasteiger charge is 2.38. The SMILES string of the molecule is CCCNC1COCC1C(=O)N1CCc2ccccc21. The highest BCUT2D eigenvalue weighted by atomic mass is 16.5. The Bertz CT molecular complexity index is 489. The molecule has 2 aliphatic heterocycles. The average Bonchev–Trinajstić information content (AvgIpc) is 3.11. The van der Waals surface area contributed by atoms with Crippen LogP contribution in [-0.2, 0) is 16.0 Å². The summed E-state index contributed by atoms with van der Waals surface area (Å²) in [6.07, 6.45) is 2.03. The number of ether oxygens (including phenoxy) is 1. The van der Waals surface area contributed by atoms with Crippen LogP contribution in [0.25, 0.3) is 0 Å². The van der Waals surface area contributed by atoms with Crippen LogP contribution < -0.4 is 10.2 Å².